The average Bonchev–Trinajstić information content (AvgIpc) is 2.62. The summed E-state index contributed by atoms with van der Waals surface area (Å²) in [6.07, 6.45) is 0. The number of morpholine rings is 1. The van der Waals surface area contributed by atoms with Crippen molar-refractivity contribution in [1.82, 2.24) is 9.88 Å². The number of nitrogens with zero attached hydrogens (tertiary/aromatic N) is 1. The Balaban J connectivity index is 2.05. The minimum absolute atomic E-state index is 0.133. The molecule has 0 spiro atoms. The summed E-state index contributed by atoms with van der Waals surface area (Å²) in [5.41, 5.74) is 0.953. The third kappa shape index (κ3) is 2.55. The number of hydrogen-bond acceptors (Lipinski definition) is 3. The van der Waals surface area contributed by atoms with E-state index in [4.69, 9.17) is 21.4 Å². The van der Waals surface area contributed by atoms with Crippen LogP contribution in [-0.4, -0.2) is 47.3 Å². The SMILES string of the molecule is O=C(O)c1cc(CN2CCOCC2)c(Cl)[nH]1. The maximum absolute atomic E-state index is 10.7. The fourth-order valence-corrected chi connectivity index (χ4v) is 1.92. The van der Waals surface area contributed by atoms with Gasteiger partial charge in [0.2, 0.25) is 0 Å². The predicted octanol–water partition coefficient (Wildman–Crippen LogP) is 1.20. The van der Waals surface area contributed by atoms with E-state index in [0.29, 0.717) is 24.9 Å². The molecule has 1 aliphatic heterocycles. The number of halogens is 1. The highest BCUT2D eigenvalue weighted by molar-refractivity contribution is 6.30. The van der Waals surface area contributed by atoms with Crippen LogP contribution in [0.4, 0.5) is 0 Å². The Bertz CT molecular complexity index is 385. The Morgan fingerprint density at radius 2 is 2.25 bits per heavy atom. The lowest BCUT2D eigenvalue weighted by atomic mass is 10.2. The maximum Gasteiger partial charge on any atom is 0.352 e. The summed E-state index contributed by atoms with van der Waals surface area (Å²) in [5.74, 6) is -0.991. The van der Waals surface area contributed by atoms with Gasteiger partial charge in [-0.25, -0.2) is 4.79 Å². The summed E-state index contributed by atoms with van der Waals surface area (Å²) in [5, 5.41) is 9.21. The van der Waals surface area contributed by atoms with Crippen LogP contribution in [0.15, 0.2) is 6.07 Å². The smallest absolute Gasteiger partial charge is 0.352 e. The van der Waals surface area contributed by atoms with E-state index < -0.39 is 5.97 Å². The molecule has 1 saturated heterocycles. The zero-order valence-electron chi connectivity index (χ0n) is 8.70. The van der Waals surface area contributed by atoms with Gasteiger partial charge >= 0.3 is 5.97 Å². The lowest BCUT2D eigenvalue weighted by Gasteiger charge is -2.26. The molecule has 1 fully saturated rings. The minimum Gasteiger partial charge on any atom is -0.477 e. The molecule has 5 nitrogen and oxygen atoms in total. The summed E-state index contributed by atoms with van der Waals surface area (Å²) in [6.45, 7) is 3.79. The number of H-pyrrole nitrogens is 1. The van der Waals surface area contributed by atoms with Gasteiger partial charge in [0.15, 0.2) is 0 Å². The molecule has 0 unspecified atom stereocenters. The van der Waals surface area contributed by atoms with E-state index in [9.17, 15) is 4.79 Å². The molecule has 1 aromatic rings. The van der Waals surface area contributed by atoms with Gasteiger partial charge < -0.3 is 14.8 Å². The molecule has 2 heterocycles. The van der Waals surface area contributed by atoms with E-state index in [1.54, 1.807) is 6.07 Å². The highest BCUT2D eigenvalue weighted by Gasteiger charge is 2.16. The van der Waals surface area contributed by atoms with Crippen LogP contribution in [0.5, 0.6) is 0 Å². The van der Waals surface area contributed by atoms with E-state index >= 15 is 0 Å². The summed E-state index contributed by atoms with van der Waals surface area (Å²) >= 11 is 5.93. The van der Waals surface area contributed by atoms with Crippen LogP contribution in [0.2, 0.25) is 5.15 Å². The average molecular weight is 245 g/mol. The summed E-state index contributed by atoms with van der Waals surface area (Å²) in [7, 11) is 0. The van der Waals surface area contributed by atoms with E-state index in [1.807, 2.05) is 0 Å². The Morgan fingerprint density at radius 1 is 1.56 bits per heavy atom. The van der Waals surface area contributed by atoms with Gasteiger partial charge in [-0.15, -0.1) is 0 Å². The fourth-order valence-electron chi connectivity index (χ4n) is 1.70. The van der Waals surface area contributed by atoms with Crippen LogP contribution in [-0.2, 0) is 11.3 Å². The van der Waals surface area contributed by atoms with Gasteiger partial charge in [0.1, 0.15) is 10.8 Å². The first kappa shape index (κ1) is 11.4. The number of rotatable bonds is 3. The van der Waals surface area contributed by atoms with Crippen LogP contribution < -0.4 is 0 Å². The quantitative estimate of drug-likeness (QED) is 0.839. The molecule has 0 radical (unpaired) electrons. The van der Waals surface area contributed by atoms with Crippen molar-refractivity contribution < 1.29 is 14.6 Å². The fraction of sp³-hybridized carbons (Fsp3) is 0.500. The third-order valence-corrected chi connectivity index (χ3v) is 2.91. The number of aromatic amines is 1. The van der Waals surface area contributed by atoms with Crippen LogP contribution in [0.25, 0.3) is 0 Å². The molecule has 0 aliphatic carbocycles. The predicted molar refractivity (Wildman–Crippen MR) is 58.9 cm³/mol. The Morgan fingerprint density at radius 3 is 2.81 bits per heavy atom. The van der Waals surface area contributed by atoms with E-state index in [2.05, 4.69) is 9.88 Å². The van der Waals surface area contributed by atoms with Gasteiger partial charge in [0.05, 0.1) is 13.2 Å². The monoisotopic (exact) mass is 244 g/mol. The summed E-state index contributed by atoms with van der Waals surface area (Å²) < 4.78 is 5.23. The number of aromatic carboxylic acids is 1. The number of aromatic nitrogens is 1. The van der Waals surface area contributed by atoms with Crippen molar-refractivity contribution in [2.75, 3.05) is 26.3 Å². The molecule has 1 aliphatic rings. The molecule has 16 heavy (non-hydrogen) atoms. The minimum atomic E-state index is -0.991. The van der Waals surface area contributed by atoms with Crippen LogP contribution >= 0.6 is 11.6 Å². The van der Waals surface area contributed by atoms with Crippen molar-refractivity contribution in [2.45, 2.75) is 6.54 Å². The van der Waals surface area contributed by atoms with Gasteiger partial charge in [0, 0.05) is 25.2 Å². The lowest BCUT2D eigenvalue weighted by Crippen LogP contribution is -2.35. The molecule has 1 aromatic heterocycles. The molecule has 0 amide bonds. The van der Waals surface area contributed by atoms with Crippen LogP contribution in [0.1, 0.15) is 16.1 Å². The summed E-state index contributed by atoms with van der Waals surface area (Å²) in [6, 6.07) is 1.58. The van der Waals surface area contributed by atoms with Crippen molar-refractivity contribution in [2.24, 2.45) is 0 Å². The molecule has 0 saturated carbocycles. The Labute approximate surface area is 98.0 Å². The van der Waals surface area contributed by atoms with Crippen molar-refractivity contribution >= 4 is 17.6 Å². The molecule has 2 rings (SSSR count). The summed E-state index contributed by atoms with van der Waals surface area (Å²) in [4.78, 5) is 15.6. The molecule has 2 N–H and O–H groups in total. The lowest BCUT2D eigenvalue weighted by molar-refractivity contribution is 0.0342. The maximum atomic E-state index is 10.7. The molecule has 0 atom stereocenters. The Kier molecular flexibility index (Phi) is 3.48. The second-order valence-corrected chi connectivity index (χ2v) is 4.09. The number of ether oxygens (including phenoxy) is 1. The van der Waals surface area contributed by atoms with Gasteiger partial charge in [0.25, 0.3) is 0 Å². The van der Waals surface area contributed by atoms with E-state index in [0.717, 1.165) is 18.7 Å². The number of carboxylic acid groups (broad SMARTS) is 1. The molecule has 88 valence electrons. The number of carboxylic acids is 1. The van der Waals surface area contributed by atoms with Gasteiger partial charge in [-0.1, -0.05) is 11.6 Å². The second-order valence-electron chi connectivity index (χ2n) is 3.72. The van der Waals surface area contributed by atoms with Crippen molar-refractivity contribution in [3.05, 3.63) is 22.5 Å². The van der Waals surface area contributed by atoms with Gasteiger partial charge in [-0.2, -0.15) is 0 Å². The topological polar surface area (TPSA) is 65.6 Å². The molecule has 0 aromatic carbocycles. The normalized spacial score (nSPS) is 17.6. The number of nitrogens with one attached hydrogen (secondary N) is 1. The van der Waals surface area contributed by atoms with Crippen LogP contribution in [0.3, 0.4) is 0 Å². The highest BCUT2D eigenvalue weighted by Crippen LogP contribution is 2.19. The van der Waals surface area contributed by atoms with Gasteiger partial charge in [-0.05, 0) is 6.07 Å². The first-order chi connectivity index (χ1) is 7.66. The first-order valence-corrected chi connectivity index (χ1v) is 5.45. The highest BCUT2D eigenvalue weighted by atomic mass is 35.5. The van der Waals surface area contributed by atoms with Gasteiger partial charge in [-0.3, -0.25) is 4.90 Å². The molecule has 6 heteroatoms. The number of hydrogen-bond donors (Lipinski definition) is 2. The zero-order valence-corrected chi connectivity index (χ0v) is 9.46. The van der Waals surface area contributed by atoms with Crippen molar-refractivity contribution in [3.8, 4) is 0 Å². The zero-order chi connectivity index (χ0) is 11.5. The molecule has 0 bridgehead atoms. The number of carbonyl (C=O) groups is 1. The van der Waals surface area contributed by atoms with Crippen molar-refractivity contribution in [1.29, 1.82) is 0 Å². The standard InChI is InChI=1S/C10H13ClN2O3/c11-9-7(5-8(12-9)10(14)15)6-13-1-3-16-4-2-13/h5,12H,1-4,6H2,(H,14,15). The van der Waals surface area contributed by atoms with E-state index in [-0.39, 0.29) is 5.69 Å². The largest absolute Gasteiger partial charge is 0.477 e. The first-order valence-electron chi connectivity index (χ1n) is 5.07. The second kappa shape index (κ2) is 4.86. The Hall–Kier alpha value is -1.04. The van der Waals surface area contributed by atoms with E-state index in [1.165, 1.54) is 0 Å². The van der Waals surface area contributed by atoms with Crippen LogP contribution in [0, 0.1) is 0 Å². The molecular weight excluding hydrogens is 232 g/mol. The molecular formula is C10H13ClN2O3. The van der Waals surface area contributed by atoms with Crippen molar-refractivity contribution in [3.63, 3.8) is 0 Å². The third-order valence-electron chi connectivity index (χ3n) is 2.57.